The zero-order valence-electron chi connectivity index (χ0n) is 14.9. The maximum absolute atomic E-state index is 12.9. The minimum atomic E-state index is -0.189. The fourth-order valence-electron chi connectivity index (χ4n) is 3.34. The quantitative estimate of drug-likeness (QED) is 0.800. The summed E-state index contributed by atoms with van der Waals surface area (Å²) in [4.78, 5) is 17.0. The summed E-state index contributed by atoms with van der Waals surface area (Å²) in [5.41, 5.74) is 3.86. The van der Waals surface area contributed by atoms with Gasteiger partial charge in [-0.2, -0.15) is 0 Å². The van der Waals surface area contributed by atoms with E-state index in [0.29, 0.717) is 12.1 Å². The molecule has 1 aliphatic heterocycles. The first-order valence-electron chi connectivity index (χ1n) is 8.81. The summed E-state index contributed by atoms with van der Waals surface area (Å²) in [6, 6.07) is 16.1. The normalized spacial score (nSPS) is 16.2. The van der Waals surface area contributed by atoms with Gasteiger partial charge in [-0.3, -0.25) is 4.79 Å². The van der Waals surface area contributed by atoms with Gasteiger partial charge in [-0.1, -0.05) is 30.3 Å². The average molecular weight is 335 g/mol. The number of nitrogens with one attached hydrogen (secondary N) is 1. The first kappa shape index (κ1) is 17.1. The van der Waals surface area contributed by atoms with Crippen LogP contribution < -0.4 is 10.2 Å². The third kappa shape index (κ3) is 3.25. The standard InChI is InChI=1S/C21H25N3O/c1-4-15-24-20(22-19-10-8-7-9-18(19)21(24)25)16-11-13-17(14-12-16)23(5-2)6-3/h4,7-14,20,22H,1,5-6,15H2,2-3H3. The Labute approximate surface area is 149 Å². The van der Waals surface area contributed by atoms with Crippen LogP contribution >= 0.6 is 0 Å². The molecule has 2 aromatic rings. The Kier molecular flexibility index (Phi) is 5.08. The van der Waals surface area contributed by atoms with E-state index in [-0.39, 0.29) is 12.1 Å². The topological polar surface area (TPSA) is 35.6 Å². The van der Waals surface area contributed by atoms with Gasteiger partial charge < -0.3 is 15.1 Å². The van der Waals surface area contributed by atoms with Gasteiger partial charge in [-0.15, -0.1) is 6.58 Å². The van der Waals surface area contributed by atoms with Crippen LogP contribution in [0.1, 0.15) is 35.9 Å². The molecule has 130 valence electrons. The molecule has 0 aliphatic carbocycles. The Bertz CT molecular complexity index is 750. The van der Waals surface area contributed by atoms with E-state index in [4.69, 9.17) is 0 Å². The molecule has 0 saturated carbocycles. The number of benzene rings is 2. The van der Waals surface area contributed by atoms with E-state index in [1.54, 1.807) is 6.08 Å². The van der Waals surface area contributed by atoms with Gasteiger partial charge in [0.05, 0.1) is 5.56 Å². The zero-order chi connectivity index (χ0) is 17.8. The Morgan fingerprint density at radius 1 is 1.12 bits per heavy atom. The molecule has 1 unspecified atom stereocenters. The van der Waals surface area contributed by atoms with Gasteiger partial charge in [-0.05, 0) is 43.7 Å². The lowest BCUT2D eigenvalue weighted by molar-refractivity contribution is 0.0707. The van der Waals surface area contributed by atoms with Crippen molar-refractivity contribution in [2.45, 2.75) is 20.0 Å². The Hall–Kier alpha value is -2.75. The van der Waals surface area contributed by atoms with E-state index in [0.717, 1.165) is 24.3 Å². The van der Waals surface area contributed by atoms with Crippen molar-refractivity contribution in [3.8, 4) is 0 Å². The molecular weight excluding hydrogens is 310 g/mol. The van der Waals surface area contributed by atoms with Gasteiger partial charge in [0, 0.05) is 31.0 Å². The molecule has 4 nitrogen and oxygen atoms in total. The number of hydrogen-bond acceptors (Lipinski definition) is 3. The molecule has 0 saturated heterocycles. The first-order chi connectivity index (χ1) is 12.2. The molecule has 0 spiro atoms. The number of carbonyl (C=O) groups excluding carboxylic acids is 1. The molecule has 0 bridgehead atoms. The molecule has 0 aromatic heterocycles. The van der Waals surface area contributed by atoms with Crippen molar-refractivity contribution >= 4 is 17.3 Å². The van der Waals surface area contributed by atoms with Crippen molar-refractivity contribution in [1.82, 2.24) is 4.90 Å². The third-order valence-corrected chi connectivity index (χ3v) is 4.69. The van der Waals surface area contributed by atoms with E-state index in [1.807, 2.05) is 29.2 Å². The summed E-state index contributed by atoms with van der Waals surface area (Å²) in [6.07, 6.45) is 1.58. The predicted molar refractivity (Wildman–Crippen MR) is 104 cm³/mol. The largest absolute Gasteiger partial charge is 0.372 e. The molecule has 0 fully saturated rings. The Balaban J connectivity index is 1.94. The molecule has 1 amide bonds. The molecule has 25 heavy (non-hydrogen) atoms. The minimum absolute atomic E-state index is 0.0343. The number of hydrogen-bond donors (Lipinski definition) is 1. The van der Waals surface area contributed by atoms with Crippen LogP contribution in [-0.2, 0) is 0 Å². The van der Waals surface area contributed by atoms with Crippen LogP contribution in [0.2, 0.25) is 0 Å². The van der Waals surface area contributed by atoms with E-state index >= 15 is 0 Å². The number of anilines is 2. The molecule has 2 aromatic carbocycles. The molecule has 1 heterocycles. The highest BCUT2D eigenvalue weighted by Gasteiger charge is 2.31. The second kappa shape index (κ2) is 7.43. The van der Waals surface area contributed by atoms with Crippen molar-refractivity contribution in [3.05, 3.63) is 72.3 Å². The monoisotopic (exact) mass is 335 g/mol. The molecule has 1 atom stereocenters. The van der Waals surface area contributed by atoms with Crippen LogP contribution in [0.4, 0.5) is 11.4 Å². The van der Waals surface area contributed by atoms with Crippen LogP contribution in [0.15, 0.2) is 61.2 Å². The summed E-state index contributed by atoms with van der Waals surface area (Å²) < 4.78 is 0. The fourth-order valence-corrected chi connectivity index (χ4v) is 3.34. The highest BCUT2D eigenvalue weighted by atomic mass is 16.2. The smallest absolute Gasteiger partial charge is 0.258 e. The molecule has 1 N–H and O–H groups in total. The fraction of sp³-hybridized carbons (Fsp3) is 0.286. The van der Waals surface area contributed by atoms with Crippen molar-refractivity contribution in [1.29, 1.82) is 0 Å². The second-order valence-corrected chi connectivity index (χ2v) is 6.10. The lowest BCUT2D eigenvalue weighted by Gasteiger charge is -2.37. The van der Waals surface area contributed by atoms with Gasteiger partial charge in [0.25, 0.3) is 5.91 Å². The van der Waals surface area contributed by atoms with Crippen molar-refractivity contribution < 1.29 is 4.79 Å². The summed E-state index contributed by atoms with van der Waals surface area (Å²) >= 11 is 0. The van der Waals surface area contributed by atoms with Crippen LogP contribution in [-0.4, -0.2) is 30.4 Å². The molecular formula is C21H25N3O. The summed E-state index contributed by atoms with van der Waals surface area (Å²) in [6.45, 7) is 10.6. The first-order valence-corrected chi connectivity index (χ1v) is 8.81. The van der Waals surface area contributed by atoms with Crippen LogP contribution in [0.3, 0.4) is 0 Å². The van der Waals surface area contributed by atoms with Gasteiger partial charge in [0.15, 0.2) is 0 Å². The van der Waals surface area contributed by atoms with Crippen molar-refractivity contribution in [2.75, 3.05) is 29.9 Å². The number of amides is 1. The third-order valence-electron chi connectivity index (χ3n) is 4.69. The molecule has 1 aliphatic rings. The highest BCUT2D eigenvalue weighted by Crippen LogP contribution is 2.33. The van der Waals surface area contributed by atoms with Gasteiger partial charge >= 0.3 is 0 Å². The van der Waals surface area contributed by atoms with Crippen molar-refractivity contribution in [3.63, 3.8) is 0 Å². The number of rotatable bonds is 6. The lowest BCUT2D eigenvalue weighted by atomic mass is 10.0. The number of fused-ring (bicyclic) bond motifs is 1. The Morgan fingerprint density at radius 2 is 1.80 bits per heavy atom. The maximum atomic E-state index is 12.9. The number of para-hydroxylation sites is 1. The van der Waals surface area contributed by atoms with Crippen LogP contribution in [0.25, 0.3) is 0 Å². The molecule has 3 rings (SSSR count). The SMILES string of the molecule is C=CCN1C(=O)c2ccccc2NC1c1ccc(N(CC)CC)cc1. The van der Waals surface area contributed by atoms with E-state index < -0.39 is 0 Å². The van der Waals surface area contributed by atoms with Gasteiger partial charge in [-0.25, -0.2) is 0 Å². The minimum Gasteiger partial charge on any atom is -0.372 e. The second-order valence-electron chi connectivity index (χ2n) is 6.10. The van der Waals surface area contributed by atoms with E-state index in [1.165, 1.54) is 5.69 Å². The zero-order valence-corrected chi connectivity index (χ0v) is 14.9. The predicted octanol–water partition coefficient (Wildman–Crippen LogP) is 4.29. The van der Waals surface area contributed by atoms with Gasteiger partial charge in [0.2, 0.25) is 0 Å². The summed E-state index contributed by atoms with van der Waals surface area (Å²) in [5, 5.41) is 3.50. The van der Waals surface area contributed by atoms with Gasteiger partial charge in [0.1, 0.15) is 6.17 Å². The van der Waals surface area contributed by atoms with E-state index in [9.17, 15) is 4.79 Å². The average Bonchev–Trinajstić information content (AvgIpc) is 2.66. The Morgan fingerprint density at radius 3 is 2.44 bits per heavy atom. The van der Waals surface area contributed by atoms with Crippen molar-refractivity contribution in [2.24, 2.45) is 0 Å². The number of carbonyl (C=O) groups is 1. The van der Waals surface area contributed by atoms with Crippen LogP contribution in [0, 0.1) is 0 Å². The highest BCUT2D eigenvalue weighted by molar-refractivity contribution is 6.01. The number of nitrogens with zero attached hydrogens (tertiary/aromatic N) is 2. The van der Waals surface area contributed by atoms with Crippen LogP contribution in [0.5, 0.6) is 0 Å². The maximum Gasteiger partial charge on any atom is 0.258 e. The molecule has 0 radical (unpaired) electrons. The van der Waals surface area contributed by atoms with E-state index in [2.05, 4.69) is 54.9 Å². The summed E-state index contributed by atoms with van der Waals surface area (Å²) in [7, 11) is 0. The summed E-state index contributed by atoms with van der Waals surface area (Å²) in [5.74, 6) is 0.0343. The molecule has 4 heteroatoms. The lowest BCUT2D eigenvalue weighted by Crippen LogP contribution is -2.43.